The number of rotatable bonds is 8. The van der Waals surface area contributed by atoms with Crippen molar-refractivity contribution in [2.45, 2.75) is 51.7 Å². The fraction of sp³-hybridized carbons (Fsp3) is 0.600. The van der Waals surface area contributed by atoms with Gasteiger partial charge < -0.3 is 4.74 Å². The summed E-state index contributed by atoms with van der Waals surface area (Å²) in [6, 6.07) is 0. The van der Waals surface area contributed by atoms with Crippen LogP contribution in [0.3, 0.4) is 0 Å². The molecule has 0 heterocycles. The smallest absolute Gasteiger partial charge is 0.326 e. The van der Waals surface area contributed by atoms with Gasteiger partial charge in [-0.05, 0) is 27.2 Å². The second-order valence-corrected chi connectivity index (χ2v) is 6.01. The van der Waals surface area contributed by atoms with Crippen LogP contribution in [0.4, 0.5) is 0 Å². The molecule has 0 radical (unpaired) electrons. The van der Waals surface area contributed by atoms with Crippen LogP contribution in [0.1, 0.15) is 47.0 Å². The molecule has 3 nitrogen and oxygen atoms in total. The van der Waals surface area contributed by atoms with E-state index < -0.39 is 4.75 Å². The largest absolute Gasteiger partial charge is 0.465 e. The van der Waals surface area contributed by atoms with E-state index in [9.17, 15) is 9.59 Å². The van der Waals surface area contributed by atoms with Crippen molar-refractivity contribution < 1.29 is 14.3 Å². The lowest BCUT2D eigenvalue weighted by Crippen LogP contribution is -2.33. The molecule has 19 heavy (non-hydrogen) atoms. The van der Waals surface area contributed by atoms with Crippen LogP contribution in [-0.4, -0.2) is 22.4 Å². The summed E-state index contributed by atoms with van der Waals surface area (Å²) in [4.78, 5) is 23.9. The molecule has 0 fully saturated rings. The Bertz CT molecular complexity index is 360. The zero-order chi connectivity index (χ0) is 14.9. The van der Waals surface area contributed by atoms with E-state index in [0.717, 1.165) is 30.2 Å². The number of thioether (sulfide) groups is 1. The van der Waals surface area contributed by atoms with Gasteiger partial charge in [-0.1, -0.05) is 49.4 Å². The summed E-state index contributed by atoms with van der Waals surface area (Å²) in [7, 11) is 0. The predicted molar refractivity (Wildman–Crippen MR) is 81.1 cm³/mol. The molecule has 0 saturated carbocycles. The monoisotopic (exact) mass is 284 g/mol. The molecular weight excluding hydrogens is 260 g/mol. The van der Waals surface area contributed by atoms with Gasteiger partial charge in [0.2, 0.25) is 0 Å². The molecule has 0 amide bonds. The summed E-state index contributed by atoms with van der Waals surface area (Å²) < 4.78 is 4.09. The van der Waals surface area contributed by atoms with Gasteiger partial charge in [-0.15, -0.1) is 0 Å². The number of carbonyl (C=O) groups excluding carboxylic acids is 2. The molecule has 0 bridgehead atoms. The molecule has 0 aliphatic rings. The first-order chi connectivity index (χ1) is 8.89. The first-order valence-electron chi connectivity index (χ1n) is 6.60. The Balaban J connectivity index is 5.00. The third kappa shape index (κ3) is 6.62. The average molecular weight is 284 g/mol. The molecule has 0 spiro atoms. The molecule has 0 aromatic heterocycles. The highest BCUT2D eigenvalue weighted by molar-refractivity contribution is 8.15. The molecule has 0 aromatic carbocycles. The number of allylic oxidation sites excluding steroid dienone is 2. The Morgan fingerprint density at radius 3 is 2.47 bits per heavy atom. The minimum atomic E-state index is -0.973. The van der Waals surface area contributed by atoms with Crippen molar-refractivity contribution in [2.75, 3.05) is 6.61 Å². The molecule has 0 unspecified atom stereocenters. The van der Waals surface area contributed by atoms with E-state index in [-0.39, 0.29) is 11.1 Å². The SMILES string of the molecule is C=C/C(C)=C/[C@@](C)(SC(=O)CCCC)C(=O)OCC. The zero-order valence-corrected chi connectivity index (χ0v) is 13.1. The first kappa shape index (κ1) is 18.0. The summed E-state index contributed by atoms with van der Waals surface area (Å²) in [5, 5.41) is 0.0190. The van der Waals surface area contributed by atoms with E-state index in [1.165, 1.54) is 0 Å². The van der Waals surface area contributed by atoms with Crippen LogP contribution in [0.5, 0.6) is 0 Å². The van der Waals surface area contributed by atoms with Crippen LogP contribution in [0.2, 0.25) is 0 Å². The lowest BCUT2D eigenvalue weighted by atomic mass is 10.1. The van der Waals surface area contributed by atoms with Gasteiger partial charge in [0.25, 0.3) is 0 Å². The van der Waals surface area contributed by atoms with Gasteiger partial charge in [0.1, 0.15) is 4.75 Å². The maximum Gasteiger partial charge on any atom is 0.326 e. The van der Waals surface area contributed by atoms with Gasteiger partial charge in [0.15, 0.2) is 5.12 Å². The lowest BCUT2D eigenvalue weighted by molar-refractivity contribution is -0.144. The Hall–Kier alpha value is -1.03. The Labute approximate surface area is 120 Å². The fourth-order valence-electron chi connectivity index (χ4n) is 1.51. The molecule has 4 heteroatoms. The highest BCUT2D eigenvalue weighted by Crippen LogP contribution is 2.31. The highest BCUT2D eigenvalue weighted by atomic mass is 32.2. The van der Waals surface area contributed by atoms with Crippen LogP contribution >= 0.6 is 11.8 Å². The van der Waals surface area contributed by atoms with E-state index in [0.29, 0.717) is 13.0 Å². The first-order valence-corrected chi connectivity index (χ1v) is 7.42. The summed E-state index contributed by atoms with van der Waals surface area (Å²) in [6.07, 6.45) is 5.69. The maximum absolute atomic E-state index is 12.1. The van der Waals surface area contributed by atoms with Gasteiger partial charge in [-0.3, -0.25) is 9.59 Å². The average Bonchev–Trinajstić information content (AvgIpc) is 2.36. The van der Waals surface area contributed by atoms with Gasteiger partial charge in [0, 0.05) is 6.42 Å². The van der Waals surface area contributed by atoms with Crippen molar-refractivity contribution >= 4 is 22.8 Å². The van der Waals surface area contributed by atoms with Crippen molar-refractivity contribution in [1.82, 2.24) is 0 Å². The second-order valence-electron chi connectivity index (χ2n) is 4.50. The van der Waals surface area contributed by atoms with Crippen molar-refractivity contribution in [3.05, 3.63) is 24.3 Å². The molecule has 0 aliphatic heterocycles. The fourth-order valence-corrected chi connectivity index (χ4v) is 2.61. The van der Waals surface area contributed by atoms with Gasteiger partial charge in [-0.2, -0.15) is 0 Å². The van der Waals surface area contributed by atoms with Crippen molar-refractivity contribution in [1.29, 1.82) is 0 Å². The van der Waals surface area contributed by atoms with E-state index in [2.05, 4.69) is 6.58 Å². The third-order valence-corrected chi connectivity index (χ3v) is 3.71. The standard InChI is InChI=1S/C15H24O3S/c1-6-9-10-13(16)19-15(5,11-12(4)7-2)14(17)18-8-3/h7,11H,2,6,8-10H2,1,3-5H3/b12-11+/t15-/m1/s1. The van der Waals surface area contributed by atoms with Crippen molar-refractivity contribution in [3.63, 3.8) is 0 Å². The van der Waals surface area contributed by atoms with Crippen LogP contribution in [-0.2, 0) is 14.3 Å². The summed E-state index contributed by atoms with van der Waals surface area (Å²) in [5.74, 6) is -0.383. The zero-order valence-electron chi connectivity index (χ0n) is 12.3. The van der Waals surface area contributed by atoms with Crippen molar-refractivity contribution in [2.24, 2.45) is 0 Å². The Morgan fingerprint density at radius 1 is 1.37 bits per heavy atom. The minimum absolute atomic E-state index is 0.0190. The molecule has 1 atom stereocenters. The van der Waals surface area contributed by atoms with E-state index in [1.54, 1.807) is 26.0 Å². The Kier molecular flexibility index (Phi) is 8.48. The number of unbranched alkanes of at least 4 members (excludes halogenated alkanes) is 1. The molecule has 0 aromatic rings. The van der Waals surface area contributed by atoms with Crippen LogP contribution in [0.15, 0.2) is 24.3 Å². The predicted octanol–water partition coefficient (Wildman–Crippen LogP) is 3.89. The van der Waals surface area contributed by atoms with E-state index in [1.807, 2.05) is 13.8 Å². The maximum atomic E-state index is 12.1. The number of ether oxygens (including phenoxy) is 1. The molecule has 0 rings (SSSR count). The quantitative estimate of drug-likeness (QED) is 0.501. The summed E-state index contributed by atoms with van der Waals surface area (Å²) >= 11 is 1.04. The number of esters is 1. The second kappa shape index (κ2) is 8.97. The highest BCUT2D eigenvalue weighted by Gasteiger charge is 2.35. The summed E-state index contributed by atoms with van der Waals surface area (Å²) in [5.41, 5.74) is 0.853. The summed E-state index contributed by atoms with van der Waals surface area (Å²) in [6.45, 7) is 11.3. The molecule has 0 saturated heterocycles. The Morgan fingerprint density at radius 2 is 2.00 bits per heavy atom. The lowest BCUT2D eigenvalue weighted by Gasteiger charge is -2.23. The normalized spacial score (nSPS) is 14.6. The van der Waals surface area contributed by atoms with Gasteiger partial charge in [-0.25, -0.2) is 0 Å². The number of hydrogen-bond acceptors (Lipinski definition) is 4. The molecule has 108 valence electrons. The van der Waals surface area contributed by atoms with Crippen LogP contribution < -0.4 is 0 Å². The van der Waals surface area contributed by atoms with Gasteiger partial charge in [0.05, 0.1) is 6.61 Å². The van der Waals surface area contributed by atoms with E-state index >= 15 is 0 Å². The molecule has 0 N–H and O–H groups in total. The topological polar surface area (TPSA) is 43.4 Å². The van der Waals surface area contributed by atoms with Crippen molar-refractivity contribution in [3.8, 4) is 0 Å². The minimum Gasteiger partial charge on any atom is -0.465 e. The number of carbonyl (C=O) groups is 2. The van der Waals surface area contributed by atoms with Gasteiger partial charge >= 0.3 is 5.97 Å². The van der Waals surface area contributed by atoms with Crippen LogP contribution in [0.25, 0.3) is 0 Å². The molecular formula is C15H24O3S. The molecule has 0 aliphatic carbocycles. The van der Waals surface area contributed by atoms with Crippen LogP contribution in [0, 0.1) is 0 Å². The third-order valence-electron chi connectivity index (χ3n) is 2.57. The van der Waals surface area contributed by atoms with E-state index in [4.69, 9.17) is 4.74 Å². The number of hydrogen-bond donors (Lipinski definition) is 0.